The summed E-state index contributed by atoms with van der Waals surface area (Å²) in [5.41, 5.74) is 6.66. The Kier molecular flexibility index (Phi) is 8.29. The fourth-order valence-corrected chi connectivity index (χ4v) is 4.24. The number of nitrogens with one attached hydrogen (secondary N) is 2. The Labute approximate surface area is 199 Å². The van der Waals surface area contributed by atoms with Crippen LogP contribution in [0.3, 0.4) is 0 Å². The lowest BCUT2D eigenvalue weighted by atomic mass is 9.95. The fourth-order valence-electron chi connectivity index (χ4n) is 4.24. The van der Waals surface area contributed by atoms with Crippen molar-refractivity contribution in [1.29, 1.82) is 0 Å². The quantitative estimate of drug-likeness (QED) is 0.290. The van der Waals surface area contributed by atoms with Gasteiger partial charge in [-0.3, -0.25) is 20.2 Å². The number of fused-ring (bicyclic) bond motifs is 1. The number of benzene rings is 2. The van der Waals surface area contributed by atoms with E-state index in [2.05, 4.69) is 34.2 Å². The second kappa shape index (κ2) is 11.6. The average molecular weight is 466 g/mol. The van der Waals surface area contributed by atoms with Gasteiger partial charge in [-0.05, 0) is 47.9 Å². The fraction of sp³-hybridized carbons (Fsp3) is 0.423. The van der Waals surface area contributed by atoms with Gasteiger partial charge < -0.3 is 14.6 Å². The van der Waals surface area contributed by atoms with E-state index in [1.165, 1.54) is 12.5 Å². The standard InChI is InChI=1S/C26H31N3O5/c1-18(30)25(26(31)28-32)27-24-17-34-16-22-14-20(8-9-23(22)24)5-2-19-3-6-21(7-4-19)15-29-10-12-33-13-11-29/h3-4,6-9,14,18,24-25,27,30,32H,10-13,15-17H2,1H3,(H,28,31)/t18-,24?,25+/m1/s1. The Morgan fingerprint density at radius 3 is 2.53 bits per heavy atom. The Hall–Kier alpha value is -2.77. The number of morpholine rings is 1. The van der Waals surface area contributed by atoms with Crippen LogP contribution in [-0.4, -0.2) is 66.2 Å². The molecule has 4 rings (SSSR count). The predicted octanol–water partition coefficient (Wildman–Crippen LogP) is 1.33. The topological polar surface area (TPSA) is 103 Å². The molecule has 0 radical (unpaired) electrons. The first-order valence-corrected chi connectivity index (χ1v) is 11.5. The minimum absolute atomic E-state index is 0.290. The molecule has 0 aromatic heterocycles. The van der Waals surface area contributed by atoms with Crippen LogP contribution in [-0.2, 0) is 27.4 Å². The maximum atomic E-state index is 11.9. The molecule has 34 heavy (non-hydrogen) atoms. The van der Waals surface area contributed by atoms with Gasteiger partial charge in [0, 0.05) is 30.8 Å². The molecule has 0 spiro atoms. The summed E-state index contributed by atoms with van der Waals surface area (Å²) in [4.78, 5) is 14.3. The molecule has 8 nitrogen and oxygen atoms in total. The Morgan fingerprint density at radius 1 is 1.12 bits per heavy atom. The van der Waals surface area contributed by atoms with Gasteiger partial charge in [-0.15, -0.1) is 0 Å². The van der Waals surface area contributed by atoms with Crippen LogP contribution < -0.4 is 10.8 Å². The molecular formula is C26H31N3O5. The number of aliphatic hydroxyl groups excluding tert-OH is 1. The molecule has 1 saturated heterocycles. The molecule has 0 bridgehead atoms. The Bertz CT molecular complexity index is 1040. The molecule has 3 atom stereocenters. The highest BCUT2D eigenvalue weighted by molar-refractivity contribution is 5.81. The molecule has 2 heterocycles. The number of carbonyl (C=O) groups excluding carboxylic acids is 1. The molecule has 2 aromatic carbocycles. The number of aliphatic hydroxyl groups is 1. The van der Waals surface area contributed by atoms with Crippen molar-refractivity contribution >= 4 is 5.91 Å². The monoisotopic (exact) mass is 465 g/mol. The molecule has 1 unspecified atom stereocenters. The van der Waals surface area contributed by atoms with E-state index in [9.17, 15) is 9.90 Å². The van der Waals surface area contributed by atoms with Gasteiger partial charge in [-0.25, -0.2) is 5.48 Å². The van der Waals surface area contributed by atoms with Crippen LogP contribution in [0.1, 0.15) is 40.8 Å². The van der Waals surface area contributed by atoms with E-state index < -0.39 is 18.1 Å². The van der Waals surface area contributed by atoms with E-state index in [0.29, 0.717) is 13.2 Å². The average Bonchev–Trinajstić information content (AvgIpc) is 2.86. The minimum Gasteiger partial charge on any atom is -0.391 e. The van der Waals surface area contributed by atoms with E-state index in [0.717, 1.165) is 55.1 Å². The molecule has 180 valence electrons. The van der Waals surface area contributed by atoms with Crippen LogP contribution in [0.25, 0.3) is 0 Å². The molecular weight excluding hydrogens is 434 g/mol. The maximum Gasteiger partial charge on any atom is 0.263 e. The molecule has 2 aliphatic rings. The number of amides is 1. The van der Waals surface area contributed by atoms with Crippen molar-refractivity contribution in [1.82, 2.24) is 15.7 Å². The number of carbonyl (C=O) groups is 1. The highest BCUT2D eigenvalue weighted by Crippen LogP contribution is 2.26. The minimum atomic E-state index is -0.983. The van der Waals surface area contributed by atoms with Crippen LogP contribution >= 0.6 is 0 Å². The van der Waals surface area contributed by atoms with Gasteiger partial charge in [0.25, 0.3) is 5.91 Å². The van der Waals surface area contributed by atoms with Gasteiger partial charge in [0.15, 0.2) is 0 Å². The zero-order valence-electron chi connectivity index (χ0n) is 19.3. The molecule has 2 aliphatic heterocycles. The van der Waals surface area contributed by atoms with E-state index in [4.69, 9.17) is 14.7 Å². The molecule has 1 amide bonds. The van der Waals surface area contributed by atoms with E-state index in [1.54, 1.807) is 5.48 Å². The summed E-state index contributed by atoms with van der Waals surface area (Å²) in [7, 11) is 0. The lowest BCUT2D eigenvalue weighted by molar-refractivity contribution is -0.134. The Balaban J connectivity index is 1.42. The largest absolute Gasteiger partial charge is 0.391 e. The summed E-state index contributed by atoms with van der Waals surface area (Å²) >= 11 is 0. The zero-order valence-corrected chi connectivity index (χ0v) is 19.3. The molecule has 2 aromatic rings. The highest BCUT2D eigenvalue weighted by Gasteiger charge is 2.29. The van der Waals surface area contributed by atoms with Crippen molar-refractivity contribution in [2.75, 3.05) is 32.9 Å². The first kappa shape index (κ1) is 24.4. The number of hydrogen-bond acceptors (Lipinski definition) is 7. The summed E-state index contributed by atoms with van der Waals surface area (Å²) in [5.74, 6) is 5.75. The lowest BCUT2D eigenvalue weighted by Gasteiger charge is -2.31. The van der Waals surface area contributed by atoms with E-state index in [-0.39, 0.29) is 6.04 Å². The normalized spacial score (nSPS) is 19.9. The zero-order chi connectivity index (χ0) is 23.9. The van der Waals surface area contributed by atoms with Crippen molar-refractivity contribution in [2.24, 2.45) is 0 Å². The number of ether oxygens (including phenoxy) is 2. The van der Waals surface area contributed by atoms with Crippen molar-refractivity contribution in [3.63, 3.8) is 0 Å². The van der Waals surface area contributed by atoms with Crippen molar-refractivity contribution in [3.8, 4) is 11.8 Å². The molecule has 1 fully saturated rings. The van der Waals surface area contributed by atoms with Gasteiger partial charge >= 0.3 is 0 Å². The maximum absolute atomic E-state index is 11.9. The summed E-state index contributed by atoms with van der Waals surface area (Å²) in [6.07, 6.45) is -0.983. The van der Waals surface area contributed by atoms with Gasteiger partial charge in [0.2, 0.25) is 0 Å². The molecule has 0 saturated carbocycles. The third kappa shape index (κ3) is 6.21. The first-order chi connectivity index (χ1) is 16.5. The van der Waals surface area contributed by atoms with Gasteiger partial charge in [0.05, 0.1) is 38.6 Å². The second-order valence-electron chi connectivity index (χ2n) is 8.68. The van der Waals surface area contributed by atoms with Crippen molar-refractivity contribution in [2.45, 2.75) is 38.3 Å². The summed E-state index contributed by atoms with van der Waals surface area (Å²) < 4.78 is 11.1. The summed E-state index contributed by atoms with van der Waals surface area (Å²) in [6.45, 7) is 6.75. The van der Waals surface area contributed by atoms with E-state index in [1.807, 2.05) is 30.3 Å². The highest BCUT2D eigenvalue weighted by atomic mass is 16.5. The summed E-state index contributed by atoms with van der Waals surface area (Å²) in [5, 5.41) is 21.9. The van der Waals surface area contributed by atoms with E-state index >= 15 is 0 Å². The second-order valence-corrected chi connectivity index (χ2v) is 8.68. The van der Waals surface area contributed by atoms with Crippen LogP contribution in [0, 0.1) is 11.8 Å². The van der Waals surface area contributed by atoms with Gasteiger partial charge in [-0.1, -0.05) is 30.0 Å². The number of hydroxylamine groups is 1. The van der Waals surface area contributed by atoms with Crippen molar-refractivity contribution in [3.05, 3.63) is 70.3 Å². The van der Waals surface area contributed by atoms with Gasteiger partial charge in [0.1, 0.15) is 6.04 Å². The third-order valence-electron chi connectivity index (χ3n) is 6.13. The molecule has 4 N–H and O–H groups in total. The smallest absolute Gasteiger partial charge is 0.263 e. The number of nitrogens with zero attached hydrogens (tertiary/aromatic N) is 1. The van der Waals surface area contributed by atoms with Crippen LogP contribution in [0.2, 0.25) is 0 Å². The van der Waals surface area contributed by atoms with Gasteiger partial charge in [-0.2, -0.15) is 0 Å². The predicted molar refractivity (Wildman–Crippen MR) is 126 cm³/mol. The first-order valence-electron chi connectivity index (χ1n) is 11.5. The van der Waals surface area contributed by atoms with Crippen LogP contribution in [0.5, 0.6) is 0 Å². The van der Waals surface area contributed by atoms with Crippen LogP contribution in [0.15, 0.2) is 42.5 Å². The number of rotatable bonds is 6. The third-order valence-corrected chi connectivity index (χ3v) is 6.13. The number of hydrogen-bond donors (Lipinski definition) is 4. The van der Waals surface area contributed by atoms with Crippen molar-refractivity contribution < 1.29 is 24.6 Å². The van der Waals surface area contributed by atoms with Crippen LogP contribution in [0.4, 0.5) is 0 Å². The molecule has 0 aliphatic carbocycles. The SMILES string of the molecule is C[C@@H](O)[C@H](NC1COCc2cc(C#Cc3ccc(CN4CCOCC4)cc3)ccc21)C(=O)NO. The summed E-state index contributed by atoms with van der Waals surface area (Å²) in [6, 6.07) is 13.0. The Morgan fingerprint density at radius 2 is 1.82 bits per heavy atom. The molecule has 8 heteroatoms. The lowest BCUT2D eigenvalue weighted by Crippen LogP contribution is -2.52.